The molecule has 2 aromatic rings. The molecular formula is C23H25N3O3. The van der Waals surface area contributed by atoms with Crippen molar-refractivity contribution in [3.05, 3.63) is 63.2 Å². The quantitative estimate of drug-likeness (QED) is 0.250. The van der Waals surface area contributed by atoms with Crippen molar-refractivity contribution in [1.82, 2.24) is 0 Å². The molecule has 150 valence electrons. The third-order valence-corrected chi connectivity index (χ3v) is 4.76. The number of unbranched alkanes of at least 4 members (excludes halogenated alkanes) is 6. The van der Waals surface area contributed by atoms with E-state index in [1.807, 2.05) is 18.2 Å². The third kappa shape index (κ3) is 6.62. The van der Waals surface area contributed by atoms with Gasteiger partial charge in [-0.1, -0.05) is 57.6 Å². The molecule has 0 aliphatic heterocycles. The highest BCUT2D eigenvalue weighted by Gasteiger charge is 2.20. The van der Waals surface area contributed by atoms with E-state index in [0.717, 1.165) is 18.9 Å². The minimum atomic E-state index is -0.619. The van der Waals surface area contributed by atoms with Gasteiger partial charge in [-0.3, -0.25) is 10.1 Å². The van der Waals surface area contributed by atoms with Crippen LogP contribution in [0.1, 0.15) is 68.6 Å². The molecule has 6 nitrogen and oxygen atoms in total. The first-order valence-corrected chi connectivity index (χ1v) is 9.98. The van der Waals surface area contributed by atoms with Crippen molar-refractivity contribution in [3.8, 4) is 23.6 Å². The van der Waals surface area contributed by atoms with Crippen molar-refractivity contribution in [3.63, 3.8) is 0 Å². The van der Waals surface area contributed by atoms with Gasteiger partial charge in [0, 0.05) is 12.1 Å². The lowest BCUT2D eigenvalue weighted by Gasteiger charge is -2.08. The fourth-order valence-corrected chi connectivity index (χ4v) is 3.12. The number of hydrogen-bond acceptors (Lipinski definition) is 5. The van der Waals surface area contributed by atoms with E-state index in [-0.39, 0.29) is 22.6 Å². The summed E-state index contributed by atoms with van der Waals surface area (Å²) >= 11 is 0. The molecule has 0 atom stereocenters. The largest absolute Gasteiger partial charge is 0.450 e. The maximum atomic E-state index is 11.3. The van der Waals surface area contributed by atoms with Crippen LogP contribution in [0, 0.1) is 32.8 Å². The van der Waals surface area contributed by atoms with Crippen LogP contribution in [0.15, 0.2) is 36.4 Å². The van der Waals surface area contributed by atoms with Crippen LogP contribution in [0.4, 0.5) is 5.69 Å². The standard InChI is InChI=1S/C23H25N3O3/c1-2-3-4-5-6-7-8-9-18-10-12-21(13-11-18)29-23-15-20(17-25)19(16-24)14-22(23)26(27)28/h10-15H,2-9H2,1H3. The first-order chi connectivity index (χ1) is 14.1. The molecule has 0 fully saturated rings. The fraction of sp³-hybridized carbons (Fsp3) is 0.391. The van der Waals surface area contributed by atoms with E-state index in [4.69, 9.17) is 15.3 Å². The number of benzene rings is 2. The Morgan fingerprint density at radius 1 is 0.931 bits per heavy atom. The molecule has 0 aliphatic rings. The highest BCUT2D eigenvalue weighted by atomic mass is 16.6. The second kappa shape index (κ2) is 11.5. The molecule has 0 bridgehead atoms. The summed E-state index contributed by atoms with van der Waals surface area (Å²) in [7, 11) is 0. The molecule has 2 rings (SSSR count). The Bertz CT molecular complexity index is 909. The first kappa shape index (κ1) is 21.9. The Labute approximate surface area is 171 Å². The molecule has 0 unspecified atom stereocenters. The van der Waals surface area contributed by atoms with Crippen LogP contribution in [-0.4, -0.2) is 4.92 Å². The van der Waals surface area contributed by atoms with Gasteiger partial charge >= 0.3 is 5.69 Å². The van der Waals surface area contributed by atoms with Gasteiger partial charge in [0.2, 0.25) is 5.75 Å². The van der Waals surface area contributed by atoms with E-state index in [1.54, 1.807) is 18.2 Å². The van der Waals surface area contributed by atoms with E-state index < -0.39 is 4.92 Å². The molecule has 2 aromatic carbocycles. The number of hydrogen-bond donors (Lipinski definition) is 0. The van der Waals surface area contributed by atoms with Crippen molar-refractivity contribution >= 4 is 5.69 Å². The number of nitriles is 2. The van der Waals surface area contributed by atoms with Crippen molar-refractivity contribution < 1.29 is 9.66 Å². The lowest BCUT2D eigenvalue weighted by atomic mass is 10.0. The Morgan fingerprint density at radius 3 is 2.10 bits per heavy atom. The van der Waals surface area contributed by atoms with Gasteiger partial charge in [0.1, 0.15) is 17.9 Å². The summed E-state index contributed by atoms with van der Waals surface area (Å²) in [5.74, 6) is 0.399. The molecule has 29 heavy (non-hydrogen) atoms. The normalized spacial score (nSPS) is 10.2. The predicted molar refractivity (Wildman–Crippen MR) is 111 cm³/mol. The van der Waals surface area contributed by atoms with Crippen LogP contribution in [0.2, 0.25) is 0 Å². The molecule has 0 saturated carbocycles. The van der Waals surface area contributed by atoms with Crippen molar-refractivity contribution in [2.24, 2.45) is 0 Å². The zero-order chi connectivity index (χ0) is 21.1. The van der Waals surface area contributed by atoms with Gasteiger partial charge in [0.15, 0.2) is 0 Å². The van der Waals surface area contributed by atoms with Gasteiger partial charge in [-0.25, -0.2) is 0 Å². The molecule has 0 aliphatic carbocycles. The maximum Gasteiger partial charge on any atom is 0.312 e. The summed E-state index contributed by atoms with van der Waals surface area (Å²) in [6.45, 7) is 2.22. The highest BCUT2D eigenvalue weighted by molar-refractivity contribution is 5.60. The van der Waals surface area contributed by atoms with Crippen LogP contribution >= 0.6 is 0 Å². The van der Waals surface area contributed by atoms with Crippen molar-refractivity contribution in [1.29, 1.82) is 10.5 Å². The van der Waals surface area contributed by atoms with Gasteiger partial charge in [-0.2, -0.15) is 10.5 Å². The van der Waals surface area contributed by atoms with E-state index in [2.05, 4.69) is 6.92 Å². The number of nitrogens with zero attached hydrogens (tertiary/aromatic N) is 3. The zero-order valence-corrected chi connectivity index (χ0v) is 16.7. The second-order valence-corrected chi connectivity index (χ2v) is 6.96. The summed E-state index contributed by atoms with van der Waals surface area (Å²) < 4.78 is 5.65. The Hall–Kier alpha value is -3.38. The van der Waals surface area contributed by atoms with E-state index in [0.29, 0.717) is 5.75 Å². The van der Waals surface area contributed by atoms with Crippen LogP contribution in [0.25, 0.3) is 0 Å². The molecular weight excluding hydrogens is 366 g/mol. The average molecular weight is 391 g/mol. The smallest absolute Gasteiger partial charge is 0.312 e. The highest BCUT2D eigenvalue weighted by Crippen LogP contribution is 2.34. The van der Waals surface area contributed by atoms with Gasteiger partial charge in [-0.05, 0) is 30.5 Å². The van der Waals surface area contributed by atoms with Crippen LogP contribution in [0.5, 0.6) is 11.5 Å². The SMILES string of the molecule is CCCCCCCCCc1ccc(Oc2cc(C#N)c(C#N)cc2[N+](=O)[O-])cc1. The van der Waals surface area contributed by atoms with Gasteiger partial charge in [0.25, 0.3) is 0 Å². The average Bonchev–Trinajstić information content (AvgIpc) is 2.73. The van der Waals surface area contributed by atoms with Gasteiger partial charge in [-0.15, -0.1) is 0 Å². The molecule has 0 saturated heterocycles. The number of rotatable bonds is 11. The molecule has 0 aromatic heterocycles. The third-order valence-electron chi connectivity index (χ3n) is 4.76. The minimum Gasteiger partial charge on any atom is -0.450 e. The maximum absolute atomic E-state index is 11.3. The van der Waals surface area contributed by atoms with E-state index >= 15 is 0 Å². The number of nitro benzene ring substituents is 1. The number of aryl methyl sites for hydroxylation is 1. The van der Waals surface area contributed by atoms with Crippen LogP contribution < -0.4 is 4.74 Å². The van der Waals surface area contributed by atoms with E-state index in [1.165, 1.54) is 50.2 Å². The predicted octanol–water partition coefficient (Wildman–Crippen LogP) is 6.42. The molecule has 0 N–H and O–H groups in total. The number of ether oxygens (including phenoxy) is 1. The molecule has 0 radical (unpaired) electrons. The number of nitro groups is 1. The summed E-state index contributed by atoms with van der Waals surface area (Å²) in [6, 6.07) is 13.4. The Balaban J connectivity index is 1.98. The zero-order valence-electron chi connectivity index (χ0n) is 16.7. The topological polar surface area (TPSA) is 99.9 Å². The lowest BCUT2D eigenvalue weighted by Crippen LogP contribution is -1.97. The summed E-state index contributed by atoms with van der Waals surface area (Å²) in [5.41, 5.74) is 0.853. The first-order valence-electron chi connectivity index (χ1n) is 9.98. The minimum absolute atomic E-state index is 0.0448. The van der Waals surface area contributed by atoms with Crippen LogP contribution in [-0.2, 0) is 6.42 Å². The fourth-order valence-electron chi connectivity index (χ4n) is 3.12. The molecule has 6 heteroatoms. The van der Waals surface area contributed by atoms with Crippen LogP contribution in [0.3, 0.4) is 0 Å². The van der Waals surface area contributed by atoms with Gasteiger partial charge in [0.05, 0.1) is 16.1 Å². The lowest BCUT2D eigenvalue weighted by molar-refractivity contribution is -0.385. The van der Waals surface area contributed by atoms with E-state index in [9.17, 15) is 10.1 Å². The summed E-state index contributed by atoms with van der Waals surface area (Å²) in [4.78, 5) is 10.7. The molecule has 0 amide bonds. The molecule has 0 spiro atoms. The van der Waals surface area contributed by atoms with Crippen molar-refractivity contribution in [2.75, 3.05) is 0 Å². The second-order valence-electron chi connectivity index (χ2n) is 6.96. The Kier molecular flexibility index (Phi) is 8.66. The van der Waals surface area contributed by atoms with Gasteiger partial charge < -0.3 is 4.74 Å². The summed E-state index contributed by atoms with van der Waals surface area (Å²) in [5, 5.41) is 29.5. The molecule has 0 heterocycles. The monoisotopic (exact) mass is 391 g/mol. The van der Waals surface area contributed by atoms with Crippen molar-refractivity contribution in [2.45, 2.75) is 58.3 Å². The Morgan fingerprint density at radius 2 is 1.52 bits per heavy atom. The summed E-state index contributed by atoms with van der Waals surface area (Å²) in [6.07, 6.45) is 9.81.